The molecular formula is C26H22Cl2O6. The van der Waals surface area contributed by atoms with Crippen LogP contribution >= 0.6 is 23.2 Å². The summed E-state index contributed by atoms with van der Waals surface area (Å²) in [5, 5.41) is 9.97. The highest BCUT2D eigenvalue weighted by atomic mass is 35.5. The monoisotopic (exact) mass is 500 g/mol. The molecule has 6 nitrogen and oxygen atoms in total. The summed E-state index contributed by atoms with van der Waals surface area (Å²) >= 11 is 12.1. The molecular weight excluding hydrogens is 479 g/mol. The van der Waals surface area contributed by atoms with Gasteiger partial charge in [0.2, 0.25) is 0 Å². The lowest BCUT2D eigenvalue weighted by Crippen LogP contribution is -2.22. The molecule has 0 bridgehead atoms. The number of methoxy groups -OCH3 is 1. The van der Waals surface area contributed by atoms with Crippen LogP contribution in [-0.2, 0) is 11.4 Å². The normalized spacial score (nSPS) is 11.8. The number of ketones is 1. The largest absolute Gasteiger partial charge is 0.493 e. The van der Waals surface area contributed by atoms with E-state index in [1.165, 1.54) is 20.1 Å². The molecule has 0 amide bonds. The number of allylic oxidation sites excluding steroid dienone is 1. The Morgan fingerprint density at radius 3 is 2.38 bits per heavy atom. The van der Waals surface area contributed by atoms with E-state index in [-0.39, 0.29) is 12.4 Å². The Labute approximate surface area is 207 Å². The van der Waals surface area contributed by atoms with Crippen molar-refractivity contribution in [3.8, 4) is 17.2 Å². The summed E-state index contributed by atoms with van der Waals surface area (Å²) < 4.78 is 16.5. The van der Waals surface area contributed by atoms with E-state index >= 15 is 0 Å². The number of hydrogen-bond donors (Lipinski definition) is 1. The van der Waals surface area contributed by atoms with Crippen molar-refractivity contribution in [2.24, 2.45) is 0 Å². The van der Waals surface area contributed by atoms with E-state index in [0.29, 0.717) is 32.9 Å². The third-order valence-corrected chi connectivity index (χ3v) is 5.40. The summed E-state index contributed by atoms with van der Waals surface area (Å²) in [5.41, 5.74) is 1.98. The molecule has 3 rings (SSSR count). The molecule has 1 atom stereocenters. The Morgan fingerprint density at radius 1 is 1.00 bits per heavy atom. The predicted octanol–water partition coefficient (Wildman–Crippen LogP) is 6.33. The zero-order valence-corrected chi connectivity index (χ0v) is 20.0. The van der Waals surface area contributed by atoms with E-state index in [1.807, 2.05) is 0 Å². The number of carbonyl (C=O) groups excluding carboxylic acids is 1. The van der Waals surface area contributed by atoms with Gasteiger partial charge in [0.25, 0.3) is 0 Å². The molecule has 1 N–H and O–H groups in total. The molecule has 0 aliphatic rings. The van der Waals surface area contributed by atoms with Gasteiger partial charge in [-0.2, -0.15) is 0 Å². The quantitative estimate of drug-likeness (QED) is 0.258. The Morgan fingerprint density at radius 2 is 1.74 bits per heavy atom. The first-order valence-electron chi connectivity index (χ1n) is 10.2. The maximum Gasteiger partial charge on any atom is 0.344 e. The average molecular weight is 501 g/mol. The fourth-order valence-electron chi connectivity index (χ4n) is 2.92. The number of rotatable bonds is 10. The molecule has 34 heavy (non-hydrogen) atoms. The van der Waals surface area contributed by atoms with Gasteiger partial charge in [-0.1, -0.05) is 41.4 Å². The van der Waals surface area contributed by atoms with Crippen LogP contribution in [-0.4, -0.2) is 30.1 Å². The number of carboxylic acid groups (broad SMARTS) is 1. The first-order valence-corrected chi connectivity index (χ1v) is 11.0. The SMILES string of the molecule is COc1cc(/C=C/C(=O)c2ccc(OC(C)C(=O)O)cc2)ccc1OCc1ccc(Cl)cc1Cl. The molecule has 0 radical (unpaired) electrons. The summed E-state index contributed by atoms with van der Waals surface area (Å²) in [6, 6.07) is 16.8. The number of hydrogen-bond acceptors (Lipinski definition) is 5. The highest BCUT2D eigenvalue weighted by Crippen LogP contribution is 2.30. The second-order valence-corrected chi connectivity index (χ2v) is 8.10. The van der Waals surface area contributed by atoms with Crippen molar-refractivity contribution in [1.82, 2.24) is 0 Å². The topological polar surface area (TPSA) is 82.1 Å². The molecule has 0 aromatic heterocycles. The molecule has 8 heteroatoms. The minimum atomic E-state index is -1.07. The Bertz CT molecular complexity index is 1200. The van der Waals surface area contributed by atoms with Gasteiger partial charge in [-0.05, 0) is 67.1 Å². The van der Waals surface area contributed by atoms with Crippen molar-refractivity contribution in [3.05, 3.63) is 93.5 Å². The number of aliphatic carboxylic acids is 1. The number of carbonyl (C=O) groups is 2. The number of halogens is 2. The first-order chi connectivity index (χ1) is 16.3. The highest BCUT2D eigenvalue weighted by molar-refractivity contribution is 6.35. The predicted molar refractivity (Wildman–Crippen MR) is 131 cm³/mol. The Hall–Kier alpha value is -3.48. The molecule has 3 aromatic rings. The van der Waals surface area contributed by atoms with E-state index in [4.69, 9.17) is 42.5 Å². The minimum absolute atomic E-state index is 0.213. The maximum absolute atomic E-state index is 12.5. The lowest BCUT2D eigenvalue weighted by molar-refractivity contribution is -0.144. The first kappa shape index (κ1) is 25.1. The van der Waals surface area contributed by atoms with Gasteiger partial charge in [0, 0.05) is 21.2 Å². The van der Waals surface area contributed by atoms with E-state index < -0.39 is 12.1 Å². The molecule has 0 aliphatic carbocycles. The Kier molecular flexibility index (Phi) is 8.57. The van der Waals surface area contributed by atoms with Gasteiger partial charge in [-0.3, -0.25) is 4.79 Å². The highest BCUT2D eigenvalue weighted by Gasteiger charge is 2.13. The lowest BCUT2D eigenvalue weighted by atomic mass is 10.1. The zero-order valence-electron chi connectivity index (χ0n) is 18.5. The van der Waals surface area contributed by atoms with Gasteiger partial charge in [0.1, 0.15) is 12.4 Å². The smallest absolute Gasteiger partial charge is 0.344 e. The Balaban J connectivity index is 1.65. The molecule has 0 spiro atoms. The lowest BCUT2D eigenvalue weighted by Gasteiger charge is -2.12. The summed E-state index contributed by atoms with van der Waals surface area (Å²) in [4.78, 5) is 23.4. The summed E-state index contributed by atoms with van der Waals surface area (Å²) in [7, 11) is 1.53. The molecule has 176 valence electrons. The van der Waals surface area contributed by atoms with Crippen molar-refractivity contribution < 1.29 is 28.9 Å². The summed E-state index contributed by atoms with van der Waals surface area (Å²) in [6.45, 7) is 1.67. The number of carboxylic acids is 1. The summed E-state index contributed by atoms with van der Waals surface area (Å²) in [5.74, 6) is 0.130. The second kappa shape index (κ2) is 11.6. The maximum atomic E-state index is 12.5. The molecule has 0 heterocycles. The van der Waals surface area contributed by atoms with Gasteiger partial charge < -0.3 is 19.3 Å². The van der Waals surface area contributed by atoms with Crippen molar-refractivity contribution in [3.63, 3.8) is 0 Å². The van der Waals surface area contributed by atoms with Gasteiger partial charge >= 0.3 is 5.97 Å². The van der Waals surface area contributed by atoms with Crippen molar-refractivity contribution in [1.29, 1.82) is 0 Å². The van der Waals surface area contributed by atoms with Gasteiger partial charge in [-0.25, -0.2) is 4.79 Å². The van der Waals surface area contributed by atoms with Crippen molar-refractivity contribution in [2.45, 2.75) is 19.6 Å². The third kappa shape index (κ3) is 6.76. The van der Waals surface area contributed by atoms with Crippen LogP contribution in [0.1, 0.15) is 28.4 Å². The van der Waals surface area contributed by atoms with Crippen LogP contribution in [0.5, 0.6) is 17.2 Å². The molecule has 3 aromatic carbocycles. The van der Waals surface area contributed by atoms with E-state index in [2.05, 4.69) is 0 Å². The van der Waals surface area contributed by atoms with Crippen molar-refractivity contribution in [2.75, 3.05) is 7.11 Å². The number of ether oxygens (including phenoxy) is 3. The van der Waals surface area contributed by atoms with Crippen LogP contribution in [0.25, 0.3) is 6.08 Å². The van der Waals surface area contributed by atoms with E-state index in [0.717, 1.165) is 11.1 Å². The fourth-order valence-corrected chi connectivity index (χ4v) is 3.38. The van der Waals surface area contributed by atoms with E-state index in [9.17, 15) is 9.59 Å². The van der Waals surface area contributed by atoms with Crippen LogP contribution in [0.2, 0.25) is 10.0 Å². The zero-order chi connectivity index (χ0) is 24.7. The van der Waals surface area contributed by atoms with E-state index in [1.54, 1.807) is 66.7 Å². The molecule has 0 saturated heterocycles. The molecule has 0 saturated carbocycles. The van der Waals surface area contributed by atoms with Crippen LogP contribution in [0.3, 0.4) is 0 Å². The van der Waals surface area contributed by atoms with Crippen LogP contribution in [0.4, 0.5) is 0 Å². The average Bonchev–Trinajstić information content (AvgIpc) is 2.82. The van der Waals surface area contributed by atoms with Crippen LogP contribution < -0.4 is 14.2 Å². The third-order valence-electron chi connectivity index (χ3n) is 4.81. The minimum Gasteiger partial charge on any atom is -0.493 e. The fraction of sp³-hybridized carbons (Fsp3) is 0.154. The van der Waals surface area contributed by atoms with Crippen molar-refractivity contribution >= 4 is 41.0 Å². The molecule has 0 aliphatic heterocycles. The van der Waals surface area contributed by atoms with Crippen LogP contribution in [0, 0.1) is 0 Å². The standard InChI is InChI=1S/C26H22Cl2O6/c1-16(26(30)31)34-21-9-6-18(7-10-21)23(29)11-3-17-4-12-24(25(13-17)32-2)33-15-19-5-8-20(27)14-22(19)28/h3-14,16H,15H2,1-2H3,(H,30,31)/b11-3+. The van der Waals surface area contributed by atoms with Gasteiger partial charge in [0.15, 0.2) is 23.4 Å². The van der Waals surface area contributed by atoms with Crippen LogP contribution in [0.15, 0.2) is 66.7 Å². The van der Waals surface area contributed by atoms with Gasteiger partial charge in [-0.15, -0.1) is 0 Å². The second-order valence-electron chi connectivity index (χ2n) is 7.25. The van der Waals surface area contributed by atoms with Gasteiger partial charge in [0.05, 0.1) is 7.11 Å². The molecule has 0 fully saturated rings. The summed E-state index contributed by atoms with van der Waals surface area (Å²) in [6.07, 6.45) is 2.13. The molecule has 1 unspecified atom stereocenters. The number of benzene rings is 3.